The van der Waals surface area contributed by atoms with Gasteiger partial charge in [0.05, 0.1) is 4.88 Å². The summed E-state index contributed by atoms with van der Waals surface area (Å²) in [6.07, 6.45) is 3.32. The highest BCUT2D eigenvalue weighted by molar-refractivity contribution is 7.80. The molecule has 0 aromatic carbocycles. The molecule has 1 saturated heterocycles. The zero-order chi connectivity index (χ0) is 11.7. The van der Waals surface area contributed by atoms with Gasteiger partial charge in [-0.15, -0.1) is 24.0 Å². The van der Waals surface area contributed by atoms with E-state index in [1.165, 1.54) is 11.3 Å². The highest BCUT2D eigenvalue weighted by Gasteiger charge is 2.33. The molecule has 0 saturated carbocycles. The maximum Gasteiger partial charge on any atom is 0.264 e. The highest BCUT2D eigenvalue weighted by atomic mass is 32.1. The minimum Gasteiger partial charge on any atom is -0.332 e. The average Bonchev–Trinajstić information content (AvgIpc) is 2.83. The molecule has 88 valence electrons. The molecule has 0 spiro atoms. The van der Waals surface area contributed by atoms with E-state index in [9.17, 15) is 4.79 Å². The van der Waals surface area contributed by atoms with E-state index in [0.717, 1.165) is 29.0 Å². The molecule has 0 N–H and O–H groups in total. The number of amides is 1. The molecular weight excluding hydrogens is 238 g/mol. The lowest BCUT2D eigenvalue weighted by Crippen LogP contribution is -2.39. The molecule has 2 heterocycles. The van der Waals surface area contributed by atoms with E-state index in [2.05, 4.69) is 31.4 Å². The molecular formula is C12H17NOS2. The lowest BCUT2D eigenvalue weighted by molar-refractivity contribution is 0.0681. The predicted molar refractivity (Wildman–Crippen MR) is 70.5 cm³/mol. The Labute approximate surface area is 106 Å². The van der Waals surface area contributed by atoms with Crippen molar-refractivity contribution in [3.63, 3.8) is 0 Å². The van der Waals surface area contributed by atoms with Gasteiger partial charge in [0, 0.05) is 22.4 Å². The molecule has 1 fully saturated rings. The third-order valence-corrected chi connectivity index (χ3v) is 4.64. The normalized spacial score (nSPS) is 25.1. The topological polar surface area (TPSA) is 20.3 Å². The van der Waals surface area contributed by atoms with Crippen LogP contribution in [-0.2, 0) is 0 Å². The van der Waals surface area contributed by atoms with E-state index >= 15 is 0 Å². The number of carbonyl (C=O) groups is 1. The summed E-state index contributed by atoms with van der Waals surface area (Å²) in [5.74, 6) is 0.183. The van der Waals surface area contributed by atoms with Crippen molar-refractivity contribution in [1.29, 1.82) is 0 Å². The van der Waals surface area contributed by atoms with E-state index in [-0.39, 0.29) is 5.91 Å². The van der Waals surface area contributed by atoms with Crippen molar-refractivity contribution in [2.75, 3.05) is 0 Å². The molecule has 1 aliphatic heterocycles. The second-order valence-corrected chi connectivity index (χ2v) is 5.80. The summed E-state index contributed by atoms with van der Waals surface area (Å²) in [7, 11) is 0. The summed E-state index contributed by atoms with van der Waals surface area (Å²) in [6.45, 7) is 4.30. The molecule has 0 bridgehead atoms. The lowest BCUT2D eigenvalue weighted by atomic mass is 10.1. The van der Waals surface area contributed by atoms with Crippen LogP contribution in [0.4, 0.5) is 0 Å². The van der Waals surface area contributed by atoms with Crippen LogP contribution < -0.4 is 0 Å². The van der Waals surface area contributed by atoms with Gasteiger partial charge in [0.2, 0.25) is 0 Å². The van der Waals surface area contributed by atoms with Gasteiger partial charge in [-0.1, -0.05) is 6.92 Å². The summed E-state index contributed by atoms with van der Waals surface area (Å²) in [5.41, 5.74) is 0. The fourth-order valence-electron chi connectivity index (χ4n) is 2.40. The summed E-state index contributed by atoms with van der Waals surface area (Å²) >= 11 is 5.74. The zero-order valence-corrected chi connectivity index (χ0v) is 11.4. The third-order valence-electron chi connectivity index (χ3n) is 3.29. The average molecular weight is 255 g/mol. The fraction of sp³-hybridized carbons (Fsp3) is 0.583. The number of rotatable bonds is 2. The van der Waals surface area contributed by atoms with Crippen LogP contribution in [0.1, 0.15) is 42.8 Å². The van der Waals surface area contributed by atoms with Crippen molar-refractivity contribution in [2.24, 2.45) is 0 Å². The van der Waals surface area contributed by atoms with Gasteiger partial charge in [-0.05, 0) is 32.3 Å². The second kappa shape index (κ2) is 4.80. The first-order chi connectivity index (χ1) is 7.63. The fourth-order valence-corrected chi connectivity index (χ4v) is 3.50. The van der Waals surface area contributed by atoms with Gasteiger partial charge >= 0.3 is 0 Å². The third kappa shape index (κ3) is 2.13. The van der Waals surface area contributed by atoms with Crippen LogP contribution in [0.25, 0.3) is 0 Å². The number of hydrogen-bond acceptors (Lipinski definition) is 3. The maximum atomic E-state index is 12.3. The molecule has 1 aliphatic rings. The first kappa shape index (κ1) is 12.0. The van der Waals surface area contributed by atoms with Crippen LogP contribution >= 0.6 is 24.0 Å². The Hall–Kier alpha value is -0.480. The van der Waals surface area contributed by atoms with Crippen molar-refractivity contribution < 1.29 is 4.79 Å². The van der Waals surface area contributed by atoms with Gasteiger partial charge < -0.3 is 4.90 Å². The Bertz CT molecular complexity index is 388. The molecule has 2 unspecified atom stereocenters. The van der Waals surface area contributed by atoms with Crippen molar-refractivity contribution >= 4 is 29.9 Å². The van der Waals surface area contributed by atoms with Gasteiger partial charge in [-0.3, -0.25) is 4.79 Å². The summed E-state index contributed by atoms with van der Waals surface area (Å²) in [5, 5.41) is 1.91. The monoisotopic (exact) mass is 255 g/mol. The maximum absolute atomic E-state index is 12.3. The number of carbonyl (C=O) groups excluding carboxylic acids is 1. The predicted octanol–water partition coefficient (Wildman–Crippen LogP) is 3.44. The molecule has 0 radical (unpaired) electrons. The van der Waals surface area contributed by atoms with Crippen LogP contribution in [0.3, 0.4) is 0 Å². The molecule has 1 aromatic heterocycles. The summed E-state index contributed by atoms with van der Waals surface area (Å²) in [6, 6.07) is 2.67. The van der Waals surface area contributed by atoms with Crippen molar-refractivity contribution in [1.82, 2.24) is 4.90 Å². The molecule has 16 heavy (non-hydrogen) atoms. The second-order valence-electron chi connectivity index (χ2n) is 4.37. The zero-order valence-electron chi connectivity index (χ0n) is 9.64. The van der Waals surface area contributed by atoms with Crippen molar-refractivity contribution in [3.8, 4) is 0 Å². The Kier molecular flexibility index (Phi) is 3.60. The molecule has 1 aromatic rings. The van der Waals surface area contributed by atoms with Gasteiger partial charge in [-0.2, -0.15) is 0 Å². The number of thiophene rings is 1. The van der Waals surface area contributed by atoms with Gasteiger partial charge in [0.15, 0.2) is 0 Å². The standard InChI is InChI=1S/C12H17NOS2/c1-3-9-5-4-8(2)13(9)12(14)11-6-10(15)7-16-11/h6-9,15H,3-5H2,1-2H3. The SMILES string of the molecule is CCC1CCC(C)N1C(=O)c1cc(S)cs1. The minimum absolute atomic E-state index is 0.183. The largest absolute Gasteiger partial charge is 0.332 e. The molecule has 2 nitrogen and oxygen atoms in total. The number of nitrogens with zero attached hydrogens (tertiary/aromatic N) is 1. The first-order valence-corrected chi connectivity index (χ1v) is 7.06. The van der Waals surface area contributed by atoms with E-state index in [1.54, 1.807) is 0 Å². The Balaban J connectivity index is 2.20. The minimum atomic E-state index is 0.183. The summed E-state index contributed by atoms with van der Waals surface area (Å²) < 4.78 is 0. The van der Waals surface area contributed by atoms with Crippen LogP contribution in [-0.4, -0.2) is 22.9 Å². The van der Waals surface area contributed by atoms with E-state index < -0.39 is 0 Å². The molecule has 1 amide bonds. The van der Waals surface area contributed by atoms with Crippen LogP contribution in [0.15, 0.2) is 16.3 Å². The van der Waals surface area contributed by atoms with Crippen LogP contribution in [0.5, 0.6) is 0 Å². The van der Waals surface area contributed by atoms with E-state index in [1.807, 2.05) is 11.4 Å². The van der Waals surface area contributed by atoms with E-state index in [0.29, 0.717) is 12.1 Å². The lowest BCUT2D eigenvalue weighted by Gasteiger charge is -2.27. The van der Waals surface area contributed by atoms with Crippen molar-refractivity contribution in [3.05, 3.63) is 16.3 Å². The smallest absolute Gasteiger partial charge is 0.264 e. The van der Waals surface area contributed by atoms with Crippen molar-refractivity contribution in [2.45, 2.75) is 50.1 Å². The van der Waals surface area contributed by atoms with Gasteiger partial charge in [-0.25, -0.2) is 0 Å². The van der Waals surface area contributed by atoms with Gasteiger partial charge in [0.25, 0.3) is 5.91 Å². The Morgan fingerprint density at radius 2 is 2.38 bits per heavy atom. The van der Waals surface area contributed by atoms with Gasteiger partial charge in [0.1, 0.15) is 0 Å². The first-order valence-electron chi connectivity index (χ1n) is 5.73. The molecule has 2 atom stereocenters. The molecule has 4 heteroatoms. The quantitative estimate of drug-likeness (QED) is 0.803. The number of likely N-dealkylation sites (tertiary alicyclic amines) is 1. The van der Waals surface area contributed by atoms with Crippen LogP contribution in [0.2, 0.25) is 0 Å². The van der Waals surface area contributed by atoms with E-state index in [4.69, 9.17) is 0 Å². The summed E-state index contributed by atoms with van der Waals surface area (Å²) in [4.78, 5) is 16.1. The Morgan fingerprint density at radius 3 is 2.94 bits per heavy atom. The molecule has 2 rings (SSSR count). The molecule has 0 aliphatic carbocycles. The van der Waals surface area contributed by atoms with Crippen LogP contribution in [0, 0.1) is 0 Å². The highest BCUT2D eigenvalue weighted by Crippen LogP contribution is 2.29. The number of thiol groups is 1. The number of hydrogen-bond donors (Lipinski definition) is 1. The Morgan fingerprint density at radius 1 is 1.62 bits per heavy atom.